The average Bonchev–Trinajstić information content (AvgIpc) is 3.75. The first-order valence-corrected chi connectivity index (χ1v) is 15.1. The molecule has 4 aliphatic carbocycles. The molecule has 3 aromatic rings. The number of benzene rings is 3. The molecule has 0 spiro atoms. The molecule has 0 heterocycles. The quantitative estimate of drug-likeness (QED) is 0.198. The molecule has 6 nitrogen and oxygen atoms in total. The van der Waals surface area contributed by atoms with Crippen LogP contribution >= 0.6 is 0 Å². The van der Waals surface area contributed by atoms with E-state index in [1.165, 1.54) is 25.7 Å². The zero-order chi connectivity index (χ0) is 27.2. The molecule has 0 saturated heterocycles. The van der Waals surface area contributed by atoms with Gasteiger partial charge in [-0.2, -0.15) is 0 Å². The van der Waals surface area contributed by atoms with E-state index in [1.807, 2.05) is 48.5 Å². The highest BCUT2D eigenvalue weighted by molar-refractivity contribution is 6.11. The minimum Gasteiger partial charge on any atom is -0.492 e. The van der Waals surface area contributed by atoms with Crippen LogP contribution in [0.3, 0.4) is 0 Å². The van der Waals surface area contributed by atoms with Gasteiger partial charge >= 0.3 is 11.9 Å². The van der Waals surface area contributed by atoms with Gasteiger partial charge in [0.2, 0.25) is 0 Å². The summed E-state index contributed by atoms with van der Waals surface area (Å²) in [6, 6.07) is 16.0. The van der Waals surface area contributed by atoms with Crippen molar-refractivity contribution in [2.24, 2.45) is 11.8 Å². The van der Waals surface area contributed by atoms with Gasteiger partial charge < -0.3 is 18.9 Å². The van der Waals surface area contributed by atoms with Crippen LogP contribution in [0.5, 0.6) is 11.5 Å². The van der Waals surface area contributed by atoms with Crippen LogP contribution in [0, 0.1) is 11.8 Å². The molecule has 210 valence electrons. The van der Waals surface area contributed by atoms with E-state index >= 15 is 0 Å². The molecular formula is C34H38O6. The molecular weight excluding hydrogens is 504 g/mol. The van der Waals surface area contributed by atoms with Crippen molar-refractivity contribution in [3.8, 4) is 11.5 Å². The molecule has 4 fully saturated rings. The Morgan fingerprint density at radius 2 is 0.950 bits per heavy atom. The lowest BCUT2D eigenvalue weighted by Gasteiger charge is -2.27. The van der Waals surface area contributed by atoms with Crippen molar-refractivity contribution >= 4 is 33.5 Å². The van der Waals surface area contributed by atoms with Crippen molar-refractivity contribution < 1.29 is 28.5 Å². The van der Waals surface area contributed by atoms with E-state index in [9.17, 15) is 9.59 Å². The fraction of sp³-hybridized carbons (Fsp3) is 0.529. The van der Waals surface area contributed by atoms with Gasteiger partial charge in [-0.1, -0.05) is 48.5 Å². The normalized spacial score (nSPS) is 28.3. The van der Waals surface area contributed by atoms with E-state index in [-0.39, 0.29) is 49.2 Å². The zero-order valence-corrected chi connectivity index (χ0v) is 23.1. The molecule has 0 aromatic heterocycles. The van der Waals surface area contributed by atoms with Crippen LogP contribution in [0.1, 0.15) is 77.0 Å². The summed E-state index contributed by atoms with van der Waals surface area (Å²) in [7, 11) is 0. The van der Waals surface area contributed by atoms with Crippen LogP contribution < -0.4 is 9.47 Å². The molecule has 0 radical (unpaired) electrons. The van der Waals surface area contributed by atoms with E-state index in [0.717, 1.165) is 83.4 Å². The van der Waals surface area contributed by atoms with Crippen LogP contribution in [0.2, 0.25) is 0 Å². The van der Waals surface area contributed by atoms with Gasteiger partial charge in [-0.15, -0.1) is 0 Å². The number of ether oxygens (including phenoxy) is 4. The van der Waals surface area contributed by atoms with Crippen molar-refractivity contribution in [3.05, 3.63) is 48.5 Å². The highest BCUT2D eigenvalue weighted by Gasteiger charge is 2.48. The Morgan fingerprint density at radius 1 is 0.600 bits per heavy atom. The first-order chi connectivity index (χ1) is 19.5. The Hall–Kier alpha value is -3.28. The van der Waals surface area contributed by atoms with E-state index in [2.05, 4.69) is 0 Å². The summed E-state index contributed by atoms with van der Waals surface area (Å²) < 4.78 is 24.6. The first kappa shape index (κ1) is 25.7. The van der Waals surface area contributed by atoms with Crippen molar-refractivity contribution in [2.75, 3.05) is 13.2 Å². The van der Waals surface area contributed by atoms with Crippen LogP contribution in [-0.2, 0) is 19.1 Å². The number of fused-ring (bicyclic) bond motifs is 6. The van der Waals surface area contributed by atoms with Gasteiger partial charge in [0.1, 0.15) is 22.7 Å². The zero-order valence-electron chi connectivity index (χ0n) is 23.1. The van der Waals surface area contributed by atoms with Gasteiger partial charge in [-0.25, -0.2) is 0 Å². The van der Waals surface area contributed by atoms with Crippen LogP contribution in [0.15, 0.2) is 48.5 Å². The fourth-order valence-corrected chi connectivity index (χ4v) is 7.98. The molecule has 4 aliphatic rings. The highest BCUT2D eigenvalue weighted by atomic mass is 16.6. The maximum Gasteiger partial charge on any atom is 0.309 e. The number of hydrogen-bond donors (Lipinski definition) is 0. The van der Waals surface area contributed by atoms with E-state index < -0.39 is 0 Å². The van der Waals surface area contributed by atoms with Crippen LogP contribution in [0.4, 0.5) is 0 Å². The molecule has 6 heteroatoms. The lowest BCUT2D eigenvalue weighted by Crippen LogP contribution is -2.30. The topological polar surface area (TPSA) is 71.1 Å². The third-order valence-electron chi connectivity index (χ3n) is 9.95. The molecule has 3 aromatic carbocycles. The number of carbonyl (C=O) groups is 2. The number of hydrogen-bond acceptors (Lipinski definition) is 6. The molecule has 4 saturated carbocycles. The summed E-state index contributed by atoms with van der Waals surface area (Å²) in [5.41, 5.74) is -0.439. The van der Waals surface area contributed by atoms with Gasteiger partial charge in [0.15, 0.2) is 0 Å². The second kappa shape index (κ2) is 10.3. The average molecular weight is 543 g/mol. The van der Waals surface area contributed by atoms with Crippen LogP contribution in [-0.4, -0.2) is 36.4 Å². The predicted molar refractivity (Wildman–Crippen MR) is 152 cm³/mol. The molecule has 40 heavy (non-hydrogen) atoms. The molecule has 0 unspecified atom stereocenters. The third-order valence-corrected chi connectivity index (χ3v) is 9.95. The molecule has 0 atom stereocenters. The predicted octanol–water partition coefficient (Wildman–Crippen LogP) is 7.28. The monoisotopic (exact) mass is 542 g/mol. The fourth-order valence-electron chi connectivity index (χ4n) is 7.98. The number of rotatable bonds is 10. The lowest BCUT2D eigenvalue weighted by molar-refractivity contribution is -0.160. The molecule has 0 amide bonds. The van der Waals surface area contributed by atoms with Crippen molar-refractivity contribution in [2.45, 2.75) is 88.3 Å². The minimum atomic E-state index is -0.219. The number of carbonyl (C=O) groups excluding carboxylic acids is 2. The largest absolute Gasteiger partial charge is 0.492 e. The smallest absolute Gasteiger partial charge is 0.309 e. The Kier molecular flexibility index (Phi) is 6.60. The molecule has 4 bridgehead atoms. The third kappa shape index (κ3) is 4.80. The van der Waals surface area contributed by atoms with Crippen molar-refractivity contribution in [1.82, 2.24) is 0 Å². The maximum atomic E-state index is 12.7. The summed E-state index contributed by atoms with van der Waals surface area (Å²) in [5, 5.41) is 3.67. The second-order valence-corrected chi connectivity index (χ2v) is 12.6. The van der Waals surface area contributed by atoms with Crippen molar-refractivity contribution in [1.29, 1.82) is 0 Å². The van der Waals surface area contributed by atoms with E-state index in [1.54, 1.807) is 0 Å². The summed E-state index contributed by atoms with van der Waals surface area (Å²) in [5.74, 6) is 2.59. The van der Waals surface area contributed by atoms with E-state index in [4.69, 9.17) is 18.9 Å². The summed E-state index contributed by atoms with van der Waals surface area (Å²) in [6.07, 6.45) is 11.2. The number of esters is 2. The summed E-state index contributed by atoms with van der Waals surface area (Å²) in [6.45, 7) is 0.502. The molecule has 0 N–H and O–H groups in total. The molecule has 0 aliphatic heterocycles. The Labute approximate surface area is 235 Å². The van der Waals surface area contributed by atoms with Gasteiger partial charge in [0.25, 0.3) is 0 Å². The summed E-state index contributed by atoms with van der Waals surface area (Å²) in [4.78, 5) is 25.4. The Balaban J connectivity index is 1.05. The second-order valence-electron chi connectivity index (χ2n) is 12.6. The highest BCUT2D eigenvalue weighted by Crippen LogP contribution is 2.51. The first-order valence-electron chi connectivity index (χ1n) is 15.1. The van der Waals surface area contributed by atoms with E-state index in [0.29, 0.717) is 0 Å². The van der Waals surface area contributed by atoms with Crippen molar-refractivity contribution in [3.63, 3.8) is 0 Å². The van der Waals surface area contributed by atoms with Gasteiger partial charge in [-0.05, 0) is 76.0 Å². The molecule has 7 rings (SSSR count). The maximum absolute atomic E-state index is 12.7. The minimum absolute atomic E-state index is 0.173. The van der Waals surface area contributed by atoms with Gasteiger partial charge in [0.05, 0.1) is 26.1 Å². The SMILES string of the molecule is O=C(CCOc1c2ccccc2c(OCCC(=O)OC23CCC(CC2)C3)c2ccccc12)OC12CCC(CC1)C2. The van der Waals surface area contributed by atoms with Gasteiger partial charge in [-0.3, -0.25) is 9.59 Å². The standard InChI is InChI=1S/C34H38O6/c35-29(39-33-15-9-23(21-33)10-16-33)13-19-37-31-25-5-1-2-6-26(25)32(28-8-4-3-7-27(28)31)38-20-14-30(36)40-34-17-11-24(22-34)12-18-34/h1-8,23-24H,9-22H2. The lowest BCUT2D eigenvalue weighted by atomic mass is 9.97. The Bertz CT molecular complexity index is 1260. The Morgan fingerprint density at radius 3 is 1.25 bits per heavy atom. The van der Waals surface area contributed by atoms with Crippen LogP contribution in [0.25, 0.3) is 21.5 Å². The summed E-state index contributed by atoms with van der Waals surface area (Å²) >= 11 is 0. The van der Waals surface area contributed by atoms with Gasteiger partial charge in [0, 0.05) is 21.5 Å².